The van der Waals surface area contributed by atoms with Gasteiger partial charge in [-0.1, -0.05) is 0 Å². The molecule has 0 saturated carbocycles. The Morgan fingerprint density at radius 3 is 2.35 bits per heavy atom. The molecule has 0 bridgehead atoms. The molecule has 0 unspecified atom stereocenters. The summed E-state index contributed by atoms with van der Waals surface area (Å²) in [5.74, 6) is -2.34. The predicted molar refractivity (Wildman–Crippen MR) is 140 cm³/mol. The van der Waals surface area contributed by atoms with E-state index in [0.717, 1.165) is 12.1 Å². The van der Waals surface area contributed by atoms with E-state index in [1.54, 1.807) is 0 Å². The second-order valence-electron chi connectivity index (χ2n) is 9.99. The standard InChI is InChI=1S/C27H30O16/c1-38-14-4-9(2-3-11(14)30)23-24(20(35)17-12(31)5-10(29)6-15(17)40-23)42-27-25(21(36)19(34)16(7-28)41-27)43-26-22(37)18(33)13(32)8-39-26/h2-6,13,16,18-19,21-22,25-34,36-37H,7-8H2,1H3/t13-,16+,18+,19+,21-,22+,25+,26-,27-/m0/s1. The van der Waals surface area contributed by atoms with Crippen molar-refractivity contribution in [2.24, 2.45) is 0 Å². The molecule has 2 aliphatic rings. The highest BCUT2D eigenvalue weighted by Crippen LogP contribution is 2.40. The SMILES string of the molecule is COc1cc(-c2oc3cc(O)cc(O)c3c(=O)c2O[C@@H]2O[C@H](CO)[C@@H](O)[C@H](O)[C@H]2O[C@@H]2OC[C@H](O)[C@@H](O)[C@H]2O)ccc1O. The third-order valence-corrected chi connectivity index (χ3v) is 7.16. The molecule has 0 spiro atoms. The molecule has 0 radical (unpaired) electrons. The highest BCUT2D eigenvalue weighted by atomic mass is 16.8. The van der Waals surface area contributed by atoms with E-state index in [0.29, 0.717) is 0 Å². The molecule has 9 atom stereocenters. The van der Waals surface area contributed by atoms with Crippen molar-refractivity contribution in [2.45, 2.75) is 55.3 Å². The molecule has 16 heteroatoms. The first-order valence-corrected chi connectivity index (χ1v) is 13.0. The van der Waals surface area contributed by atoms with Gasteiger partial charge in [0.05, 0.1) is 20.3 Å². The van der Waals surface area contributed by atoms with Crippen molar-refractivity contribution in [1.29, 1.82) is 0 Å². The van der Waals surface area contributed by atoms with Crippen molar-refractivity contribution < 1.29 is 74.1 Å². The molecule has 16 nitrogen and oxygen atoms in total. The molecule has 2 fully saturated rings. The van der Waals surface area contributed by atoms with Gasteiger partial charge in [0.2, 0.25) is 17.5 Å². The summed E-state index contributed by atoms with van der Waals surface area (Å²) in [7, 11) is 1.28. The van der Waals surface area contributed by atoms with E-state index in [1.807, 2.05) is 0 Å². The molecule has 234 valence electrons. The molecule has 3 aromatic rings. The lowest BCUT2D eigenvalue weighted by Gasteiger charge is -2.44. The lowest BCUT2D eigenvalue weighted by molar-refractivity contribution is -0.345. The summed E-state index contributed by atoms with van der Waals surface area (Å²) in [6.45, 7) is -1.28. The highest BCUT2D eigenvalue weighted by molar-refractivity contribution is 5.88. The number of hydrogen-bond acceptors (Lipinski definition) is 16. The molecule has 1 aromatic heterocycles. The molecule has 9 N–H and O–H groups in total. The van der Waals surface area contributed by atoms with Gasteiger partial charge in [-0.3, -0.25) is 4.79 Å². The van der Waals surface area contributed by atoms with Crippen molar-refractivity contribution in [1.82, 2.24) is 0 Å². The van der Waals surface area contributed by atoms with Crippen LogP contribution in [0.4, 0.5) is 0 Å². The molecule has 0 aliphatic carbocycles. The van der Waals surface area contributed by atoms with E-state index in [1.165, 1.54) is 25.3 Å². The third kappa shape index (κ3) is 5.67. The topological polar surface area (TPSA) is 258 Å². The monoisotopic (exact) mass is 610 g/mol. The van der Waals surface area contributed by atoms with Crippen molar-refractivity contribution in [3.05, 3.63) is 40.6 Å². The van der Waals surface area contributed by atoms with Crippen molar-refractivity contribution in [3.8, 4) is 40.1 Å². The maximum Gasteiger partial charge on any atom is 0.239 e. The van der Waals surface area contributed by atoms with Gasteiger partial charge in [0.25, 0.3) is 0 Å². The zero-order valence-electron chi connectivity index (χ0n) is 22.4. The van der Waals surface area contributed by atoms with Crippen LogP contribution in [-0.2, 0) is 14.2 Å². The summed E-state index contributed by atoms with van der Waals surface area (Å²) in [5.41, 5.74) is -1.15. The molecular formula is C27H30O16. The first kappa shape index (κ1) is 30.7. The van der Waals surface area contributed by atoms with Crippen LogP contribution in [0.5, 0.6) is 28.7 Å². The summed E-state index contributed by atoms with van der Waals surface area (Å²) < 4.78 is 33.4. The summed E-state index contributed by atoms with van der Waals surface area (Å²) in [6, 6.07) is 5.81. The fraction of sp³-hybridized carbons (Fsp3) is 0.444. The Kier molecular flexibility index (Phi) is 8.66. The minimum atomic E-state index is -1.88. The van der Waals surface area contributed by atoms with Gasteiger partial charge in [-0.25, -0.2) is 0 Å². The number of rotatable bonds is 7. The van der Waals surface area contributed by atoms with E-state index >= 15 is 0 Å². The molecule has 2 saturated heterocycles. The van der Waals surface area contributed by atoms with Gasteiger partial charge in [0.1, 0.15) is 59.1 Å². The Morgan fingerprint density at radius 1 is 0.907 bits per heavy atom. The number of hydrogen-bond donors (Lipinski definition) is 9. The van der Waals surface area contributed by atoms with Gasteiger partial charge in [-0.15, -0.1) is 0 Å². The molecule has 5 rings (SSSR count). The molecule has 3 heterocycles. The summed E-state index contributed by atoms with van der Waals surface area (Å²) in [4.78, 5) is 13.8. The number of ether oxygens (including phenoxy) is 5. The summed E-state index contributed by atoms with van der Waals surface area (Å²) >= 11 is 0. The second kappa shape index (κ2) is 12.1. The summed E-state index contributed by atoms with van der Waals surface area (Å²) in [5, 5.41) is 91.5. The maximum absolute atomic E-state index is 13.8. The van der Waals surface area contributed by atoms with E-state index in [9.17, 15) is 50.8 Å². The van der Waals surface area contributed by atoms with Crippen LogP contribution in [0.1, 0.15) is 0 Å². The van der Waals surface area contributed by atoms with E-state index < -0.39 is 96.6 Å². The third-order valence-electron chi connectivity index (χ3n) is 7.16. The average Bonchev–Trinajstić information content (AvgIpc) is 2.97. The van der Waals surface area contributed by atoms with E-state index in [4.69, 9.17) is 28.1 Å². The molecule has 43 heavy (non-hydrogen) atoms. The number of aromatic hydroxyl groups is 3. The van der Waals surface area contributed by atoms with Gasteiger partial charge >= 0.3 is 0 Å². The minimum Gasteiger partial charge on any atom is -0.508 e. The van der Waals surface area contributed by atoms with Gasteiger partial charge < -0.3 is 74.1 Å². The first-order valence-electron chi connectivity index (χ1n) is 13.0. The number of aliphatic hydroxyl groups excluding tert-OH is 6. The quantitative estimate of drug-likeness (QED) is 0.143. The molecule has 0 amide bonds. The van der Waals surface area contributed by atoms with Crippen LogP contribution < -0.4 is 14.9 Å². The average molecular weight is 611 g/mol. The van der Waals surface area contributed by atoms with Gasteiger partial charge in [0, 0.05) is 17.7 Å². The van der Waals surface area contributed by atoms with Gasteiger partial charge in [-0.2, -0.15) is 0 Å². The van der Waals surface area contributed by atoms with Crippen molar-refractivity contribution >= 4 is 11.0 Å². The number of fused-ring (bicyclic) bond motifs is 1. The number of benzene rings is 2. The predicted octanol–water partition coefficient (Wildman–Crippen LogP) is -1.77. The van der Waals surface area contributed by atoms with E-state index in [2.05, 4.69) is 0 Å². The lowest BCUT2D eigenvalue weighted by Crippen LogP contribution is -2.64. The van der Waals surface area contributed by atoms with Gasteiger partial charge in [0.15, 0.2) is 29.7 Å². The summed E-state index contributed by atoms with van der Waals surface area (Å²) in [6.07, 6.45) is -15.3. The van der Waals surface area contributed by atoms with Crippen LogP contribution in [0, 0.1) is 0 Å². The van der Waals surface area contributed by atoms with Crippen LogP contribution in [0.2, 0.25) is 0 Å². The fourth-order valence-electron chi connectivity index (χ4n) is 4.85. The Labute approximate surface area is 241 Å². The number of phenols is 3. The largest absolute Gasteiger partial charge is 0.508 e. The Hall–Kier alpha value is -3.71. The normalized spacial score (nSPS) is 31.2. The Bertz CT molecular complexity index is 1520. The van der Waals surface area contributed by atoms with Crippen molar-refractivity contribution in [3.63, 3.8) is 0 Å². The smallest absolute Gasteiger partial charge is 0.239 e. The van der Waals surface area contributed by atoms with Crippen LogP contribution in [0.15, 0.2) is 39.5 Å². The zero-order valence-corrected chi connectivity index (χ0v) is 22.4. The van der Waals surface area contributed by atoms with E-state index in [-0.39, 0.29) is 28.4 Å². The molecule has 2 aromatic carbocycles. The van der Waals surface area contributed by atoms with Crippen LogP contribution in [0.25, 0.3) is 22.3 Å². The van der Waals surface area contributed by atoms with Crippen molar-refractivity contribution in [2.75, 3.05) is 20.3 Å². The Balaban J connectivity index is 1.63. The maximum atomic E-state index is 13.8. The second-order valence-corrected chi connectivity index (χ2v) is 9.99. The van der Waals surface area contributed by atoms with Crippen LogP contribution in [0.3, 0.4) is 0 Å². The fourth-order valence-corrected chi connectivity index (χ4v) is 4.85. The van der Waals surface area contributed by atoms with Crippen LogP contribution in [-0.4, -0.2) is 122 Å². The Morgan fingerprint density at radius 2 is 1.65 bits per heavy atom. The van der Waals surface area contributed by atoms with Gasteiger partial charge in [-0.05, 0) is 18.2 Å². The lowest BCUT2D eigenvalue weighted by atomic mass is 9.98. The minimum absolute atomic E-state index is 0.0249. The molecular weight excluding hydrogens is 580 g/mol. The number of aliphatic hydroxyl groups is 6. The number of methoxy groups -OCH3 is 1. The number of phenolic OH excluding ortho intramolecular Hbond substituents is 3. The zero-order chi connectivity index (χ0) is 31.2. The van der Waals surface area contributed by atoms with Crippen LogP contribution >= 0.6 is 0 Å². The molecule has 2 aliphatic heterocycles. The highest BCUT2D eigenvalue weighted by Gasteiger charge is 2.50. The first-order chi connectivity index (χ1) is 20.4.